The molecule has 1 aliphatic heterocycles. The number of benzene rings is 1. The van der Waals surface area contributed by atoms with Gasteiger partial charge in [0.1, 0.15) is 11.9 Å². The Balaban J connectivity index is 1.60. The van der Waals surface area contributed by atoms with Crippen molar-refractivity contribution in [2.45, 2.75) is 32.0 Å². The van der Waals surface area contributed by atoms with E-state index in [4.69, 9.17) is 9.15 Å². The van der Waals surface area contributed by atoms with Gasteiger partial charge < -0.3 is 24.5 Å². The maximum atomic E-state index is 12.6. The van der Waals surface area contributed by atoms with E-state index in [9.17, 15) is 9.90 Å². The summed E-state index contributed by atoms with van der Waals surface area (Å²) in [4.78, 5) is 14.4. The van der Waals surface area contributed by atoms with Crippen molar-refractivity contribution in [1.82, 2.24) is 10.2 Å². The monoisotopic (exact) mass is 344 g/mol. The van der Waals surface area contributed by atoms with Crippen LogP contribution in [0.4, 0.5) is 4.79 Å². The van der Waals surface area contributed by atoms with Crippen LogP contribution in [0, 0.1) is 6.92 Å². The second-order valence-corrected chi connectivity index (χ2v) is 6.27. The number of morpholine rings is 1. The molecule has 2 unspecified atom stereocenters. The first kappa shape index (κ1) is 17.5. The van der Waals surface area contributed by atoms with Crippen LogP contribution in [0.1, 0.15) is 29.4 Å². The highest BCUT2D eigenvalue weighted by atomic mass is 16.5. The highest BCUT2D eigenvalue weighted by Crippen LogP contribution is 2.23. The van der Waals surface area contributed by atoms with Gasteiger partial charge >= 0.3 is 6.03 Å². The van der Waals surface area contributed by atoms with Gasteiger partial charge in [0.2, 0.25) is 0 Å². The molecule has 0 saturated carbocycles. The normalized spacial score (nSPS) is 18.8. The number of nitrogens with zero attached hydrogens (tertiary/aromatic N) is 1. The topological polar surface area (TPSA) is 74.9 Å². The number of urea groups is 1. The van der Waals surface area contributed by atoms with E-state index in [2.05, 4.69) is 5.32 Å². The summed E-state index contributed by atoms with van der Waals surface area (Å²) in [5, 5.41) is 13.3. The fourth-order valence-corrected chi connectivity index (χ4v) is 3.05. The summed E-state index contributed by atoms with van der Waals surface area (Å²) >= 11 is 0. The lowest BCUT2D eigenvalue weighted by Gasteiger charge is -2.36. The molecule has 0 aliphatic carbocycles. The van der Waals surface area contributed by atoms with E-state index in [-0.39, 0.29) is 12.1 Å². The average Bonchev–Trinajstić information content (AvgIpc) is 3.16. The largest absolute Gasteiger partial charge is 0.467 e. The first-order chi connectivity index (χ1) is 12.1. The lowest BCUT2D eigenvalue weighted by atomic mass is 10.1. The van der Waals surface area contributed by atoms with Gasteiger partial charge in [-0.25, -0.2) is 4.79 Å². The van der Waals surface area contributed by atoms with Gasteiger partial charge in [-0.3, -0.25) is 0 Å². The summed E-state index contributed by atoms with van der Waals surface area (Å²) in [5.74, 6) is 0.505. The van der Waals surface area contributed by atoms with Gasteiger partial charge in [-0.1, -0.05) is 24.3 Å². The number of nitrogens with one attached hydrogen (secondary N) is 1. The van der Waals surface area contributed by atoms with E-state index < -0.39 is 6.10 Å². The number of hydrogen-bond donors (Lipinski definition) is 2. The fourth-order valence-electron chi connectivity index (χ4n) is 3.05. The number of amides is 2. The van der Waals surface area contributed by atoms with E-state index in [1.54, 1.807) is 17.0 Å². The van der Waals surface area contributed by atoms with Crippen LogP contribution in [0.25, 0.3) is 0 Å². The zero-order valence-electron chi connectivity index (χ0n) is 14.4. The number of carbonyl (C=O) groups excluding carboxylic acids is 1. The van der Waals surface area contributed by atoms with Crippen LogP contribution in [0.2, 0.25) is 0 Å². The molecule has 134 valence electrons. The number of aryl methyl sites for hydroxylation is 1. The van der Waals surface area contributed by atoms with E-state index in [0.717, 1.165) is 11.1 Å². The van der Waals surface area contributed by atoms with Crippen molar-refractivity contribution in [3.05, 3.63) is 59.5 Å². The van der Waals surface area contributed by atoms with Gasteiger partial charge in [-0.2, -0.15) is 0 Å². The molecule has 2 amide bonds. The summed E-state index contributed by atoms with van der Waals surface area (Å²) in [7, 11) is 0. The third-order valence-corrected chi connectivity index (χ3v) is 4.55. The molecule has 1 aromatic carbocycles. The first-order valence-corrected chi connectivity index (χ1v) is 8.53. The van der Waals surface area contributed by atoms with Crippen LogP contribution in [0.5, 0.6) is 0 Å². The molecule has 0 bridgehead atoms. The van der Waals surface area contributed by atoms with E-state index in [1.165, 1.54) is 6.26 Å². The van der Waals surface area contributed by atoms with Gasteiger partial charge in [0, 0.05) is 19.5 Å². The van der Waals surface area contributed by atoms with E-state index >= 15 is 0 Å². The van der Waals surface area contributed by atoms with Crippen molar-refractivity contribution in [2.24, 2.45) is 0 Å². The van der Waals surface area contributed by atoms with Crippen LogP contribution in [0.15, 0.2) is 47.1 Å². The van der Waals surface area contributed by atoms with Gasteiger partial charge in [0.15, 0.2) is 0 Å². The summed E-state index contributed by atoms with van der Waals surface area (Å²) in [6.07, 6.45) is 1.15. The molecule has 3 rings (SSSR count). The smallest absolute Gasteiger partial charge is 0.318 e. The SMILES string of the molecule is Cc1ccccc1CNC(=O)N1CCOCC1CC(O)c1ccco1. The molecule has 2 heterocycles. The number of rotatable bonds is 5. The lowest BCUT2D eigenvalue weighted by molar-refractivity contribution is -0.00974. The van der Waals surface area contributed by atoms with Crippen molar-refractivity contribution in [3.63, 3.8) is 0 Å². The summed E-state index contributed by atoms with van der Waals surface area (Å²) in [5.41, 5.74) is 2.24. The van der Waals surface area contributed by atoms with E-state index in [1.807, 2.05) is 31.2 Å². The molecule has 1 saturated heterocycles. The molecule has 1 aromatic heterocycles. The van der Waals surface area contributed by atoms with Crippen LogP contribution in [-0.4, -0.2) is 41.8 Å². The molecule has 6 heteroatoms. The molecule has 2 atom stereocenters. The van der Waals surface area contributed by atoms with Crippen LogP contribution < -0.4 is 5.32 Å². The molecule has 1 fully saturated rings. The minimum atomic E-state index is -0.756. The highest BCUT2D eigenvalue weighted by molar-refractivity contribution is 5.74. The maximum Gasteiger partial charge on any atom is 0.318 e. The maximum absolute atomic E-state index is 12.6. The molecule has 0 spiro atoms. The van der Waals surface area contributed by atoms with Crippen molar-refractivity contribution < 1.29 is 19.1 Å². The Morgan fingerprint density at radius 2 is 2.20 bits per heavy atom. The second-order valence-electron chi connectivity index (χ2n) is 6.27. The number of ether oxygens (including phenoxy) is 1. The molecule has 2 N–H and O–H groups in total. The van der Waals surface area contributed by atoms with Crippen LogP contribution in [-0.2, 0) is 11.3 Å². The zero-order valence-corrected chi connectivity index (χ0v) is 14.4. The number of aliphatic hydroxyl groups excluding tert-OH is 1. The molecule has 2 aromatic rings. The molecule has 25 heavy (non-hydrogen) atoms. The van der Waals surface area contributed by atoms with Crippen molar-refractivity contribution in [2.75, 3.05) is 19.8 Å². The van der Waals surface area contributed by atoms with Crippen LogP contribution >= 0.6 is 0 Å². The van der Waals surface area contributed by atoms with E-state index in [0.29, 0.717) is 38.5 Å². The second kappa shape index (κ2) is 8.18. The predicted octanol–water partition coefficient (Wildman–Crippen LogP) is 2.62. The average molecular weight is 344 g/mol. The molecule has 0 radical (unpaired) electrons. The van der Waals surface area contributed by atoms with Crippen LogP contribution in [0.3, 0.4) is 0 Å². The van der Waals surface area contributed by atoms with Crippen molar-refractivity contribution in [1.29, 1.82) is 0 Å². The highest BCUT2D eigenvalue weighted by Gasteiger charge is 2.30. The third-order valence-electron chi connectivity index (χ3n) is 4.55. The standard InChI is InChI=1S/C19H24N2O4/c1-14-5-2-3-6-15(14)12-20-19(23)21-8-10-24-13-16(21)11-17(22)18-7-4-9-25-18/h2-7,9,16-17,22H,8,10-13H2,1H3,(H,20,23). The summed E-state index contributed by atoms with van der Waals surface area (Å²) in [6, 6.07) is 11.1. The Kier molecular flexibility index (Phi) is 5.73. The Labute approximate surface area is 147 Å². The number of furan rings is 1. The molecule has 1 aliphatic rings. The first-order valence-electron chi connectivity index (χ1n) is 8.53. The minimum Gasteiger partial charge on any atom is -0.467 e. The Hall–Kier alpha value is -2.31. The number of aliphatic hydroxyl groups is 1. The third kappa shape index (κ3) is 4.41. The molecule has 6 nitrogen and oxygen atoms in total. The minimum absolute atomic E-state index is 0.136. The van der Waals surface area contributed by atoms with Gasteiger partial charge in [-0.15, -0.1) is 0 Å². The lowest BCUT2D eigenvalue weighted by Crippen LogP contribution is -2.52. The van der Waals surface area contributed by atoms with Crippen molar-refractivity contribution >= 4 is 6.03 Å². The van der Waals surface area contributed by atoms with Gasteiger partial charge in [0.05, 0.1) is 25.5 Å². The Morgan fingerprint density at radius 1 is 1.36 bits per heavy atom. The quantitative estimate of drug-likeness (QED) is 0.874. The number of carbonyl (C=O) groups is 1. The Morgan fingerprint density at radius 3 is 2.96 bits per heavy atom. The van der Waals surface area contributed by atoms with Crippen molar-refractivity contribution in [3.8, 4) is 0 Å². The fraction of sp³-hybridized carbons (Fsp3) is 0.421. The van der Waals surface area contributed by atoms with Gasteiger partial charge in [0.25, 0.3) is 0 Å². The van der Waals surface area contributed by atoms with Gasteiger partial charge in [-0.05, 0) is 30.2 Å². The summed E-state index contributed by atoms with van der Waals surface area (Å²) < 4.78 is 10.7. The number of hydrogen-bond acceptors (Lipinski definition) is 4. The zero-order chi connectivity index (χ0) is 17.6. The summed E-state index contributed by atoms with van der Waals surface area (Å²) in [6.45, 7) is 3.94. The molecular weight excluding hydrogens is 320 g/mol. The Bertz CT molecular complexity index is 686. The predicted molar refractivity (Wildman–Crippen MR) is 93.0 cm³/mol. The molecular formula is C19H24N2O4.